The molecule has 0 aliphatic heterocycles. The maximum absolute atomic E-state index is 12.2. The van der Waals surface area contributed by atoms with Gasteiger partial charge in [-0.05, 0) is 31.9 Å². The van der Waals surface area contributed by atoms with E-state index in [-0.39, 0.29) is 5.91 Å². The van der Waals surface area contributed by atoms with Crippen LogP contribution in [-0.2, 0) is 0 Å². The van der Waals surface area contributed by atoms with Crippen molar-refractivity contribution in [1.29, 1.82) is 0 Å². The number of nitrogens with zero attached hydrogens (tertiary/aromatic N) is 1. The van der Waals surface area contributed by atoms with E-state index >= 15 is 0 Å². The summed E-state index contributed by atoms with van der Waals surface area (Å²) in [6.07, 6.45) is 8.94. The third-order valence-corrected chi connectivity index (χ3v) is 3.57. The summed E-state index contributed by atoms with van der Waals surface area (Å²) in [4.78, 5) is 16.4. The zero-order chi connectivity index (χ0) is 13.5. The van der Waals surface area contributed by atoms with Gasteiger partial charge in [-0.25, -0.2) is 4.98 Å². The Morgan fingerprint density at radius 3 is 2.74 bits per heavy atom. The zero-order valence-corrected chi connectivity index (χ0v) is 11.6. The first-order valence-corrected chi connectivity index (χ1v) is 7.30. The summed E-state index contributed by atoms with van der Waals surface area (Å²) in [5.41, 5.74) is 0.690. The second-order valence-corrected chi connectivity index (χ2v) is 5.12. The first kappa shape index (κ1) is 13.8. The van der Waals surface area contributed by atoms with Gasteiger partial charge in [-0.15, -0.1) is 0 Å². The summed E-state index contributed by atoms with van der Waals surface area (Å²) in [5.74, 6) is 0.782. The van der Waals surface area contributed by atoms with Crippen LogP contribution >= 0.6 is 0 Å². The Labute approximate surface area is 115 Å². The Morgan fingerprint density at radius 2 is 2.05 bits per heavy atom. The lowest BCUT2D eigenvalue weighted by molar-refractivity contribution is 0.0933. The minimum atomic E-state index is 0.0217. The Balaban J connectivity index is 1.96. The zero-order valence-electron chi connectivity index (χ0n) is 11.6. The summed E-state index contributed by atoms with van der Waals surface area (Å²) in [6.45, 7) is 2.82. The van der Waals surface area contributed by atoms with E-state index in [0.29, 0.717) is 11.6 Å². The van der Waals surface area contributed by atoms with Gasteiger partial charge in [0.25, 0.3) is 5.91 Å². The molecule has 2 N–H and O–H groups in total. The van der Waals surface area contributed by atoms with Gasteiger partial charge in [0.1, 0.15) is 5.82 Å². The lowest BCUT2D eigenvalue weighted by atomic mass is 10.1. The van der Waals surface area contributed by atoms with E-state index in [2.05, 4.69) is 15.6 Å². The molecule has 0 aromatic carbocycles. The SMILES string of the molecule is CCNc1cc(C(=O)NC2CCCCCC2)ccn1. The number of pyridine rings is 1. The molecule has 0 atom stereocenters. The van der Waals surface area contributed by atoms with Crippen molar-refractivity contribution in [3.05, 3.63) is 23.9 Å². The Hall–Kier alpha value is -1.58. The maximum atomic E-state index is 12.2. The van der Waals surface area contributed by atoms with Gasteiger partial charge in [-0.3, -0.25) is 4.79 Å². The Morgan fingerprint density at radius 1 is 1.32 bits per heavy atom. The minimum absolute atomic E-state index is 0.0217. The molecule has 0 bridgehead atoms. The highest BCUT2D eigenvalue weighted by atomic mass is 16.1. The fourth-order valence-electron chi connectivity index (χ4n) is 2.54. The monoisotopic (exact) mass is 261 g/mol. The lowest BCUT2D eigenvalue weighted by Crippen LogP contribution is -2.34. The van der Waals surface area contributed by atoms with Crippen molar-refractivity contribution in [1.82, 2.24) is 10.3 Å². The van der Waals surface area contributed by atoms with Crippen molar-refractivity contribution >= 4 is 11.7 Å². The third-order valence-electron chi connectivity index (χ3n) is 3.57. The number of amides is 1. The average Bonchev–Trinajstić information content (AvgIpc) is 2.68. The Bertz CT molecular complexity index is 412. The van der Waals surface area contributed by atoms with Gasteiger partial charge in [-0.1, -0.05) is 25.7 Å². The largest absolute Gasteiger partial charge is 0.370 e. The maximum Gasteiger partial charge on any atom is 0.251 e. The molecule has 4 heteroatoms. The summed E-state index contributed by atoms with van der Waals surface area (Å²) in [7, 11) is 0. The van der Waals surface area contributed by atoms with Gasteiger partial charge in [0.2, 0.25) is 0 Å². The normalized spacial score (nSPS) is 16.7. The number of carbonyl (C=O) groups excluding carboxylic acids is 1. The van der Waals surface area contributed by atoms with Crippen molar-refractivity contribution in [2.75, 3.05) is 11.9 Å². The van der Waals surface area contributed by atoms with Crippen LogP contribution in [0.1, 0.15) is 55.8 Å². The second-order valence-electron chi connectivity index (χ2n) is 5.12. The van der Waals surface area contributed by atoms with Crippen LogP contribution in [0.3, 0.4) is 0 Å². The summed E-state index contributed by atoms with van der Waals surface area (Å²) < 4.78 is 0. The van der Waals surface area contributed by atoms with Gasteiger partial charge in [-0.2, -0.15) is 0 Å². The van der Waals surface area contributed by atoms with E-state index in [1.807, 2.05) is 13.0 Å². The average molecular weight is 261 g/mol. The number of hydrogen-bond acceptors (Lipinski definition) is 3. The molecule has 2 rings (SSSR count). The molecule has 104 valence electrons. The quantitative estimate of drug-likeness (QED) is 0.819. The number of anilines is 1. The third kappa shape index (κ3) is 4.23. The van der Waals surface area contributed by atoms with Crippen LogP contribution < -0.4 is 10.6 Å². The number of rotatable bonds is 4. The van der Waals surface area contributed by atoms with Gasteiger partial charge >= 0.3 is 0 Å². The van der Waals surface area contributed by atoms with Gasteiger partial charge in [0, 0.05) is 24.3 Å². The first-order chi connectivity index (χ1) is 9.29. The standard InChI is InChI=1S/C15H23N3O/c1-2-16-14-11-12(9-10-17-14)15(19)18-13-7-5-3-4-6-8-13/h9-11,13H,2-8H2,1H3,(H,16,17)(H,18,19). The highest BCUT2D eigenvalue weighted by molar-refractivity contribution is 5.94. The first-order valence-electron chi connectivity index (χ1n) is 7.30. The molecular formula is C15H23N3O. The molecule has 1 aromatic rings. The van der Waals surface area contributed by atoms with Crippen molar-refractivity contribution < 1.29 is 4.79 Å². The molecule has 1 amide bonds. The van der Waals surface area contributed by atoms with Crippen molar-refractivity contribution in [2.45, 2.75) is 51.5 Å². The molecule has 1 fully saturated rings. The molecule has 1 heterocycles. The van der Waals surface area contributed by atoms with E-state index in [4.69, 9.17) is 0 Å². The van der Waals surface area contributed by atoms with E-state index in [1.165, 1.54) is 25.7 Å². The van der Waals surface area contributed by atoms with Crippen LogP contribution in [0, 0.1) is 0 Å². The van der Waals surface area contributed by atoms with Crippen LogP contribution in [-0.4, -0.2) is 23.5 Å². The van der Waals surface area contributed by atoms with E-state index < -0.39 is 0 Å². The number of carbonyl (C=O) groups is 1. The fraction of sp³-hybridized carbons (Fsp3) is 0.600. The van der Waals surface area contributed by atoms with Crippen LogP contribution in [0.5, 0.6) is 0 Å². The van der Waals surface area contributed by atoms with E-state index in [1.54, 1.807) is 12.3 Å². The van der Waals surface area contributed by atoms with Gasteiger partial charge in [0.05, 0.1) is 0 Å². The van der Waals surface area contributed by atoms with Crippen molar-refractivity contribution in [2.24, 2.45) is 0 Å². The lowest BCUT2D eigenvalue weighted by Gasteiger charge is -2.16. The molecule has 1 saturated carbocycles. The molecule has 1 aromatic heterocycles. The van der Waals surface area contributed by atoms with Gasteiger partial charge < -0.3 is 10.6 Å². The van der Waals surface area contributed by atoms with E-state index in [9.17, 15) is 4.79 Å². The Kier molecular flexibility index (Phi) is 5.19. The van der Waals surface area contributed by atoms with Crippen LogP contribution in [0.25, 0.3) is 0 Å². The molecule has 19 heavy (non-hydrogen) atoms. The molecule has 1 aliphatic rings. The molecule has 0 unspecified atom stereocenters. The molecule has 0 radical (unpaired) electrons. The van der Waals surface area contributed by atoms with Gasteiger partial charge in [0.15, 0.2) is 0 Å². The number of nitrogens with one attached hydrogen (secondary N) is 2. The van der Waals surface area contributed by atoms with E-state index in [0.717, 1.165) is 25.2 Å². The number of aromatic nitrogens is 1. The molecule has 0 spiro atoms. The second kappa shape index (κ2) is 7.12. The smallest absolute Gasteiger partial charge is 0.251 e. The van der Waals surface area contributed by atoms with Crippen molar-refractivity contribution in [3.63, 3.8) is 0 Å². The number of hydrogen-bond donors (Lipinski definition) is 2. The minimum Gasteiger partial charge on any atom is -0.370 e. The molecular weight excluding hydrogens is 238 g/mol. The highest BCUT2D eigenvalue weighted by Crippen LogP contribution is 2.17. The van der Waals surface area contributed by atoms with Crippen LogP contribution in [0.2, 0.25) is 0 Å². The van der Waals surface area contributed by atoms with Crippen LogP contribution in [0.4, 0.5) is 5.82 Å². The highest BCUT2D eigenvalue weighted by Gasteiger charge is 2.15. The van der Waals surface area contributed by atoms with Crippen LogP contribution in [0.15, 0.2) is 18.3 Å². The summed E-state index contributed by atoms with van der Waals surface area (Å²) in [5, 5.41) is 6.28. The predicted octanol–water partition coefficient (Wildman–Crippen LogP) is 2.97. The summed E-state index contributed by atoms with van der Waals surface area (Å²) >= 11 is 0. The molecule has 1 aliphatic carbocycles. The molecule has 0 saturated heterocycles. The predicted molar refractivity (Wildman–Crippen MR) is 77.4 cm³/mol. The topological polar surface area (TPSA) is 54.0 Å². The fourth-order valence-corrected chi connectivity index (χ4v) is 2.54. The summed E-state index contributed by atoms with van der Waals surface area (Å²) in [6, 6.07) is 3.92. The molecule has 4 nitrogen and oxygen atoms in total. The van der Waals surface area contributed by atoms with Crippen molar-refractivity contribution in [3.8, 4) is 0 Å².